The van der Waals surface area contributed by atoms with Gasteiger partial charge in [0.2, 0.25) is 0 Å². The normalized spacial score (nSPS) is 11.6. The number of nitrogens with zero attached hydrogens (tertiary/aromatic N) is 2. The lowest BCUT2D eigenvalue weighted by Crippen LogP contribution is -2.13. The number of H-pyrrole nitrogens is 1. The highest BCUT2D eigenvalue weighted by molar-refractivity contribution is 6.10. The zero-order valence-corrected chi connectivity index (χ0v) is 16.7. The molecule has 0 bridgehead atoms. The van der Waals surface area contributed by atoms with Crippen molar-refractivity contribution in [3.63, 3.8) is 0 Å². The number of nitriles is 1. The van der Waals surface area contributed by atoms with Crippen LogP contribution in [-0.2, 0) is 0 Å². The largest absolute Gasteiger partial charge is 0.490 e. The maximum atomic E-state index is 14.7. The summed E-state index contributed by atoms with van der Waals surface area (Å²) < 4.78 is 22.3. The molecule has 0 aliphatic carbocycles. The van der Waals surface area contributed by atoms with Gasteiger partial charge in [0.25, 0.3) is 0 Å². The van der Waals surface area contributed by atoms with E-state index in [0.29, 0.717) is 39.6 Å². The van der Waals surface area contributed by atoms with E-state index >= 15 is 0 Å². The molecule has 1 N–H and O–H groups in total. The maximum Gasteiger partial charge on any atom is 0.199 e. The lowest BCUT2D eigenvalue weighted by atomic mass is 10.1. The molecule has 4 aromatic rings. The van der Waals surface area contributed by atoms with Crippen LogP contribution in [0.4, 0.5) is 4.39 Å². The summed E-state index contributed by atoms with van der Waals surface area (Å²) in [5.41, 5.74) is 2.19. The first-order valence-electron chi connectivity index (χ1n) is 9.82. The van der Waals surface area contributed by atoms with Crippen LogP contribution in [0.5, 0.6) is 5.75 Å². The van der Waals surface area contributed by atoms with Gasteiger partial charge in [-0.2, -0.15) is 5.26 Å². The molecule has 0 aliphatic heterocycles. The molecule has 148 valence electrons. The number of hydrogen-bond acceptors (Lipinski definition) is 3. The predicted molar refractivity (Wildman–Crippen MR) is 113 cm³/mol. The number of aromatic amines is 1. The summed E-state index contributed by atoms with van der Waals surface area (Å²) in [6.07, 6.45) is 1.76. The smallest absolute Gasteiger partial charge is 0.199 e. The summed E-state index contributed by atoms with van der Waals surface area (Å²) >= 11 is 0. The Balaban J connectivity index is 2.10. The van der Waals surface area contributed by atoms with E-state index in [1.807, 2.05) is 25.3 Å². The fraction of sp³-hybridized carbons (Fsp3) is 0.304. The topological polar surface area (TPSA) is 70.8 Å². The van der Waals surface area contributed by atoms with Crippen molar-refractivity contribution in [2.24, 2.45) is 0 Å². The van der Waals surface area contributed by atoms with Gasteiger partial charge in [0.05, 0.1) is 34.5 Å². The number of halogens is 1. The van der Waals surface area contributed by atoms with Gasteiger partial charge in [-0.15, -0.1) is 0 Å². The van der Waals surface area contributed by atoms with Gasteiger partial charge >= 0.3 is 0 Å². The van der Waals surface area contributed by atoms with E-state index in [1.165, 1.54) is 12.1 Å². The highest BCUT2D eigenvalue weighted by Gasteiger charge is 2.20. The van der Waals surface area contributed by atoms with Gasteiger partial charge in [-0.05, 0) is 38.5 Å². The molecule has 29 heavy (non-hydrogen) atoms. The van der Waals surface area contributed by atoms with E-state index in [0.717, 1.165) is 18.2 Å². The molecule has 0 fully saturated rings. The quantitative estimate of drug-likeness (QED) is 0.463. The molecule has 0 spiro atoms. The first kappa shape index (κ1) is 19.0. The number of fused-ring (bicyclic) bond motifs is 4. The molecule has 2 heterocycles. The molecule has 4 rings (SSSR count). The van der Waals surface area contributed by atoms with E-state index in [9.17, 15) is 14.4 Å². The number of ether oxygens (including phenoxy) is 1. The summed E-state index contributed by atoms with van der Waals surface area (Å²) in [5.74, 6) is -0.381. The number of pyridine rings is 1. The first-order chi connectivity index (χ1) is 14.0. The third-order valence-corrected chi connectivity index (χ3v) is 5.20. The van der Waals surface area contributed by atoms with Gasteiger partial charge < -0.3 is 14.3 Å². The summed E-state index contributed by atoms with van der Waals surface area (Å²) in [4.78, 5) is 16.7. The number of rotatable bonds is 5. The molecule has 6 heteroatoms. The lowest BCUT2D eigenvalue weighted by molar-refractivity contribution is 0.294. The Morgan fingerprint density at radius 3 is 2.72 bits per heavy atom. The van der Waals surface area contributed by atoms with Crippen molar-refractivity contribution >= 4 is 32.8 Å². The summed E-state index contributed by atoms with van der Waals surface area (Å²) in [7, 11) is 0. The second-order valence-corrected chi connectivity index (χ2v) is 7.52. The van der Waals surface area contributed by atoms with Crippen LogP contribution in [0.15, 0.2) is 35.1 Å². The van der Waals surface area contributed by atoms with Crippen LogP contribution in [0, 0.1) is 17.1 Å². The van der Waals surface area contributed by atoms with Crippen LogP contribution in [0.1, 0.15) is 45.2 Å². The Morgan fingerprint density at radius 2 is 2.03 bits per heavy atom. The van der Waals surface area contributed by atoms with E-state index < -0.39 is 5.82 Å². The number of aromatic nitrogens is 2. The van der Waals surface area contributed by atoms with Gasteiger partial charge in [-0.3, -0.25) is 4.79 Å². The summed E-state index contributed by atoms with van der Waals surface area (Å²) in [5, 5.41) is 10.9. The molecule has 0 radical (unpaired) electrons. The average molecular weight is 391 g/mol. The van der Waals surface area contributed by atoms with Crippen LogP contribution in [-0.4, -0.2) is 16.2 Å². The van der Waals surface area contributed by atoms with E-state index in [2.05, 4.69) is 11.1 Å². The minimum Gasteiger partial charge on any atom is -0.490 e. The van der Waals surface area contributed by atoms with Gasteiger partial charge in [0, 0.05) is 23.0 Å². The minimum absolute atomic E-state index is 0.0182. The van der Waals surface area contributed by atoms with Crippen molar-refractivity contribution in [1.29, 1.82) is 5.26 Å². The molecule has 5 nitrogen and oxygen atoms in total. The highest BCUT2D eigenvalue weighted by atomic mass is 19.1. The molecule has 2 aromatic carbocycles. The zero-order chi connectivity index (χ0) is 20.7. The number of nitrogens with one attached hydrogen (secondary N) is 1. The monoisotopic (exact) mass is 391 g/mol. The average Bonchev–Trinajstić information content (AvgIpc) is 3.07. The predicted octanol–water partition coefficient (Wildman–Crippen LogP) is 5.41. The summed E-state index contributed by atoms with van der Waals surface area (Å²) in [6.45, 7) is 6.41. The van der Waals surface area contributed by atoms with Crippen LogP contribution in [0.2, 0.25) is 0 Å². The zero-order valence-electron chi connectivity index (χ0n) is 16.7. The molecular weight excluding hydrogens is 369 g/mol. The molecule has 0 saturated carbocycles. The van der Waals surface area contributed by atoms with Crippen molar-refractivity contribution in [1.82, 2.24) is 9.55 Å². The molecule has 2 aromatic heterocycles. The van der Waals surface area contributed by atoms with Crippen LogP contribution >= 0.6 is 0 Å². The number of hydrogen-bond donors (Lipinski definition) is 1. The molecule has 0 amide bonds. The van der Waals surface area contributed by atoms with Crippen LogP contribution in [0.25, 0.3) is 32.8 Å². The van der Waals surface area contributed by atoms with E-state index in [-0.39, 0.29) is 17.2 Å². The molecule has 0 atom stereocenters. The molecular formula is C23H22FN3O2. The van der Waals surface area contributed by atoms with Gasteiger partial charge in [0.15, 0.2) is 17.0 Å². The SMILES string of the molecule is CCCCOc1cc2c(=O)c3c4ccc(C#N)cc4[nH]c3n(C(C)C)c2cc1F. The Morgan fingerprint density at radius 1 is 1.24 bits per heavy atom. The minimum atomic E-state index is -0.482. The first-order valence-corrected chi connectivity index (χ1v) is 9.82. The second-order valence-electron chi connectivity index (χ2n) is 7.52. The van der Waals surface area contributed by atoms with Crippen molar-refractivity contribution < 1.29 is 9.13 Å². The standard InChI is InChI=1S/C23H22FN3O2/c1-4-5-8-29-20-10-16-19(11-17(20)24)27(13(2)3)23-21(22(16)28)15-7-6-14(12-25)9-18(15)26-23/h6-7,9-11,13,26H,4-5,8H2,1-3H3. The Bertz CT molecular complexity index is 1340. The van der Waals surface area contributed by atoms with Crippen molar-refractivity contribution in [2.75, 3.05) is 6.61 Å². The number of benzene rings is 2. The van der Waals surface area contributed by atoms with Gasteiger partial charge in [0.1, 0.15) is 5.65 Å². The Hall–Kier alpha value is -3.33. The molecule has 0 unspecified atom stereocenters. The third-order valence-electron chi connectivity index (χ3n) is 5.20. The Labute approximate surface area is 167 Å². The van der Waals surface area contributed by atoms with E-state index in [4.69, 9.17) is 4.74 Å². The molecule has 0 aliphatic rings. The van der Waals surface area contributed by atoms with Gasteiger partial charge in [-0.25, -0.2) is 4.39 Å². The fourth-order valence-electron chi connectivity index (χ4n) is 3.82. The van der Waals surface area contributed by atoms with E-state index in [1.54, 1.807) is 18.2 Å². The van der Waals surface area contributed by atoms with Gasteiger partial charge in [-0.1, -0.05) is 19.4 Å². The highest BCUT2D eigenvalue weighted by Crippen LogP contribution is 2.32. The second kappa shape index (κ2) is 7.25. The van der Waals surface area contributed by atoms with Crippen LogP contribution in [0.3, 0.4) is 0 Å². The Kier molecular flexibility index (Phi) is 4.75. The third kappa shape index (κ3) is 3.03. The maximum absolute atomic E-state index is 14.7. The van der Waals surface area contributed by atoms with Crippen molar-refractivity contribution in [2.45, 2.75) is 39.7 Å². The van der Waals surface area contributed by atoms with Crippen molar-refractivity contribution in [3.8, 4) is 11.8 Å². The van der Waals surface area contributed by atoms with Crippen LogP contribution < -0.4 is 10.2 Å². The number of unbranched alkanes of at least 4 members (excludes halogenated alkanes) is 1. The lowest BCUT2D eigenvalue weighted by Gasteiger charge is -2.17. The molecule has 0 saturated heterocycles. The fourth-order valence-corrected chi connectivity index (χ4v) is 3.82. The summed E-state index contributed by atoms with van der Waals surface area (Å²) in [6, 6.07) is 10.2. The van der Waals surface area contributed by atoms with Crippen molar-refractivity contribution in [3.05, 3.63) is 51.9 Å².